The van der Waals surface area contributed by atoms with Crippen molar-refractivity contribution in [2.75, 3.05) is 25.0 Å². The number of carbonyl (C=O) groups excluding carboxylic acids is 5. The smallest absolute Gasteiger partial charge is 0.351 e. The van der Waals surface area contributed by atoms with Gasteiger partial charge in [-0.2, -0.15) is 4.98 Å². The van der Waals surface area contributed by atoms with Crippen LogP contribution in [0, 0.1) is 0 Å². The van der Waals surface area contributed by atoms with Gasteiger partial charge in [-0.25, -0.2) is 4.79 Å². The normalized spacial score (nSPS) is 18.2. The van der Waals surface area contributed by atoms with Crippen LogP contribution in [0.4, 0.5) is 5.82 Å². The van der Waals surface area contributed by atoms with Crippen molar-refractivity contribution < 1.29 is 58.1 Å². The first-order valence-electron chi connectivity index (χ1n) is 17.6. The van der Waals surface area contributed by atoms with Crippen molar-refractivity contribution >= 4 is 72.9 Å². The second-order valence-electron chi connectivity index (χ2n) is 12.6. The van der Waals surface area contributed by atoms with Gasteiger partial charge in [0.25, 0.3) is 0 Å². The third-order valence-electron chi connectivity index (χ3n) is 8.20. The number of hydrogen-bond acceptors (Lipinski definition) is 14. The van der Waals surface area contributed by atoms with Crippen molar-refractivity contribution in [2.24, 2.45) is 5.11 Å². The summed E-state index contributed by atoms with van der Waals surface area (Å²) in [7, 11) is 3.38. The number of nitrogens with one attached hydrogen (secondary N) is 4. The van der Waals surface area contributed by atoms with Gasteiger partial charge < -0.3 is 45.3 Å². The molecule has 0 bridgehead atoms. The molecule has 1 aliphatic rings. The van der Waals surface area contributed by atoms with Crippen LogP contribution >= 0.6 is 25.4 Å². The second kappa shape index (κ2) is 26.8. The Hall–Kier alpha value is -3.99. The standard InChI is InChI=1S/C31H48N9O13P3/c32-39-38-18(6-8-26(45)36-24-9-11-40(31(51)37-24)27-14-22(43)23(53-27)17-52-55-56-54)5-7-25(44)33-10-3-1-2-4-20(42)15-34-21(13-29(48)49)30(50)35-19(16-41)12-28(46)47/h9,11,16,18-19,21-23,27,34,43,55-56H,1-8,10,12-15,17,54H2,(H,33,44)(H,35,50)(H,46,47)(H,48,49)(H,36,37,45,51)/t18?,19-,21-,22?,23+,27+/m0/s1. The van der Waals surface area contributed by atoms with Crippen molar-refractivity contribution in [3.63, 3.8) is 0 Å². The predicted octanol–water partition coefficient (Wildman–Crippen LogP) is 0.900. The first-order chi connectivity index (χ1) is 26.8. The molecule has 9 atom stereocenters. The minimum atomic E-state index is -1.37. The molecule has 0 aliphatic carbocycles. The van der Waals surface area contributed by atoms with E-state index in [0.717, 1.165) is 0 Å². The lowest BCUT2D eigenvalue weighted by atomic mass is 10.1. The quantitative estimate of drug-likeness (QED) is 0.0147. The number of aliphatic hydroxyl groups excluding tert-OH is 1. The van der Waals surface area contributed by atoms with Gasteiger partial charge in [-0.15, -0.1) is 8.93 Å². The summed E-state index contributed by atoms with van der Waals surface area (Å²) in [5.74, 6) is -4.71. The van der Waals surface area contributed by atoms with E-state index < -0.39 is 78.8 Å². The van der Waals surface area contributed by atoms with Crippen LogP contribution in [0.1, 0.15) is 76.9 Å². The fraction of sp³-hybridized carbons (Fsp3) is 0.645. The van der Waals surface area contributed by atoms with Crippen LogP contribution in [0.15, 0.2) is 22.2 Å². The van der Waals surface area contributed by atoms with E-state index in [1.807, 2.05) is 0 Å². The lowest BCUT2D eigenvalue weighted by molar-refractivity contribution is -0.141. The maximum atomic E-state index is 12.6. The number of aliphatic carboxylic acids is 2. The number of aldehydes is 1. The summed E-state index contributed by atoms with van der Waals surface area (Å²) in [6.45, 7) is 0.176. The van der Waals surface area contributed by atoms with E-state index in [0.29, 0.717) is 33.8 Å². The number of carboxylic acids is 2. The van der Waals surface area contributed by atoms with Crippen LogP contribution in [0.3, 0.4) is 0 Å². The minimum absolute atomic E-state index is 0.00731. The topological polar surface area (TPSA) is 330 Å². The number of aliphatic hydroxyl groups is 1. The minimum Gasteiger partial charge on any atom is -0.481 e. The number of carbonyl (C=O) groups is 7. The number of ether oxygens (including phenoxy) is 1. The SMILES string of the molecule is [N-]=[N+]=NC(CCC(=O)NCCCCCC(=O)CN[C@@H](CC(=O)O)C(=O)N[C@H](C=O)CC(=O)O)CCC(=O)Nc1ccn([C@H]2CC(O)[C@@H](COPPP)O2)c(=O)n1. The summed E-state index contributed by atoms with van der Waals surface area (Å²) in [5, 5.41) is 41.8. The maximum absolute atomic E-state index is 12.6. The molecule has 56 heavy (non-hydrogen) atoms. The van der Waals surface area contributed by atoms with Gasteiger partial charge >= 0.3 is 17.6 Å². The fourth-order valence-electron chi connectivity index (χ4n) is 5.34. The van der Waals surface area contributed by atoms with Gasteiger partial charge in [0.15, 0.2) is 0 Å². The lowest BCUT2D eigenvalue weighted by Gasteiger charge is -2.18. The van der Waals surface area contributed by atoms with Gasteiger partial charge in [0, 0.05) is 57.9 Å². The molecule has 2 rings (SSSR count). The summed E-state index contributed by atoms with van der Waals surface area (Å²) in [6.07, 6.45) is 0.173. The Labute approximate surface area is 326 Å². The largest absolute Gasteiger partial charge is 0.481 e. The molecule has 1 aromatic heterocycles. The zero-order valence-corrected chi connectivity index (χ0v) is 33.5. The van der Waals surface area contributed by atoms with E-state index in [9.17, 15) is 43.5 Å². The number of nitrogens with zero attached hydrogens (tertiary/aromatic N) is 5. The van der Waals surface area contributed by atoms with E-state index in [-0.39, 0.29) is 84.0 Å². The molecule has 25 heteroatoms. The van der Waals surface area contributed by atoms with Gasteiger partial charge in [0.1, 0.15) is 30.2 Å². The van der Waals surface area contributed by atoms with Crippen LogP contribution in [0.5, 0.6) is 0 Å². The number of hydrogen-bond donors (Lipinski definition) is 7. The van der Waals surface area contributed by atoms with Crippen molar-refractivity contribution in [1.82, 2.24) is 25.5 Å². The zero-order chi connectivity index (χ0) is 41.5. The number of amides is 3. The molecular formula is C31H48N9O13P3. The number of azide groups is 1. The summed E-state index contributed by atoms with van der Waals surface area (Å²) in [6, 6.07) is -1.96. The third-order valence-corrected chi connectivity index (χ3v) is 10.5. The van der Waals surface area contributed by atoms with Gasteiger partial charge in [0.05, 0.1) is 44.2 Å². The van der Waals surface area contributed by atoms with E-state index in [4.69, 9.17) is 25.0 Å². The number of ketones is 1. The molecule has 310 valence electrons. The van der Waals surface area contributed by atoms with Crippen molar-refractivity contribution in [1.29, 1.82) is 0 Å². The summed E-state index contributed by atoms with van der Waals surface area (Å²) in [5.41, 5.74) is 8.28. The number of carboxylic acid groups (broad SMARTS) is 2. The summed E-state index contributed by atoms with van der Waals surface area (Å²) < 4.78 is 12.4. The molecule has 1 aromatic rings. The number of unbranched alkanes of at least 4 members (excludes halogenated alkanes) is 2. The van der Waals surface area contributed by atoms with Gasteiger partial charge in [-0.05, 0) is 37.3 Å². The highest BCUT2D eigenvalue weighted by Gasteiger charge is 2.35. The van der Waals surface area contributed by atoms with Gasteiger partial charge in [-0.1, -0.05) is 19.5 Å². The fourth-order valence-corrected chi connectivity index (χ4v) is 6.92. The molecule has 22 nitrogen and oxygen atoms in total. The molecule has 1 saturated heterocycles. The first kappa shape index (κ1) is 48.2. The molecule has 0 radical (unpaired) electrons. The zero-order valence-electron chi connectivity index (χ0n) is 30.3. The van der Waals surface area contributed by atoms with Crippen LogP contribution in [0.2, 0.25) is 0 Å². The number of Topliss-reactive ketones (excluding diaryl/α,β-unsaturated/α-hetero) is 1. The summed E-state index contributed by atoms with van der Waals surface area (Å²) >= 11 is 0. The molecule has 1 fully saturated rings. The maximum Gasteiger partial charge on any atom is 0.351 e. The van der Waals surface area contributed by atoms with Gasteiger partial charge in [0.2, 0.25) is 17.7 Å². The molecule has 1 aliphatic heterocycles. The Morgan fingerprint density at radius 2 is 1.82 bits per heavy atom. The third kappa shape index (κ3) is 19.2. The predicted molar refractivity (Wildman–Crippen MR) is 206 cm³/mol. The molecule has 7 N–H and O–H groups in total. The highest BCUT2D eigenvalue weighted by atomic mass is 32.4. The number of aromatic nitrogens is 2. The monoisotopic (exact) mass is 847 g/mol. The highest BCUT2D eigenvalue weighted by molar-refractivity contribution is 8.37. The van der Waals surface area contributed by atoms with Crippen molar-refractivity contribution in [3.05, 3.63) is 33.2 Å². The average molecular weight is 848 g/mol. The average Bonchev–Trinajstić information content (AvgIpc) is 3.51. The van der Waals surface area contributed by atoms with E-state index in [2.05, 4.69) is 45.2 Å². The molecular weight excluding hydrogens is 799 g/mol. The highest BCUT2D eigenvalue weighted by Crippen LogP contribution is 2.44. The van der Waals surface area contributed by atoms with E-state index in [1.54, 1.807) is 0 Å². The molecule has 0 saturated carbocycles. The van der Waals surface area contributed by atoms with Crippen LogP contribution in [-0.4, -0.2) is 117 Å². The number of anilines is 1. The lowest BCUT2D eigenvalue weighted by Crippen LogP contribution is -2.50. The molecule has 2 heterocycles. The summed E-state index contributed by atoms with van der Waals surface area (Å²) in [4.78, 5) is 102. The van der Waals surface area contributed by atoms with E-state index >= 15 is 0 Å². The van der Waals surface area contributed by atoms with E-state index in [1.165, 1.54) is 16.8 Å². The van der Waals surface area contributed by atoms with Gasteiger partial charge in [-0.3, -0.25) is 38.7 Å². The van der Waals surface area contributed by atoms with Crippen molar-refractivity contribution in [2.45, 2.75) is 107 Å². The van der Waals surface area contributed by atoms with Crippen LogP contribution in [0.25, 0.3) is 10.4 Å². The van der Waals surface area contributed by atoms with Crippen LogP contribution < -0.4 is 27.0 Å². The Bertz CT molecular complexity index is 1620. The van der Waals surface area contributed by atoms with Crippen molar-refractivity contribution in [3.8, 4) is 0 Å². The molecule has 0 aromatic carbocycles. The Morgan fingerprint density at radius 3 is 2.46 bits per heavy atom. The molecule has 0 spiro atoms. The molecule has 5 unspecified atom stereocenters. The Balaban J connectivity index is 1.67. The second-order valence-corrected chi connectivity index (χ2v) is 17.4. The molecule has 3 amide bonds. The Morgan fingerprint density at radius 1 is 1.11 bits per heavy atom. The Kier molecular flexibility index (Phi) is 23.0. The first-order valence-corrected chi connectivity index (χ1v) is 22.3. The number of rotatable bonds is 29. The van der Waals surface area contributed by atoms with Crippen LogP contribution in [-0.2, 0) is 42.8 Å².